The molecule has 0 aliphatic heterocycles. The van der Waals surface area contributed by atoms with E-state index in [0.717, 1.165) is 4.90 Å². The lowest BCUT2D eigenvalue weighted by atomic mass is 10.0. The number of hydrogen-bond donors (Lipinski definition) is 0. The van der Waals surface area contributed by atoms with Gasteiger partial charge >= 0.3 is 0 Å². The number of hydrogen-bond acceptors (Lipinski definition) is 1. The fourth-order valence-corrected chi connectivity index (χ4v) is 1.47. The van der Waals surface area contributed by atoms with E-state index in [9.17, 15) is 4.39 Å². The summed E-state index contributed by atoms with van der Waals surface area (Å²) in [5.74, 6) is 0.550. The van der Waals surface area contributed by atoms with Crippen LogP contribution in [0.1, 0.15) is 25.3 Å². The summed E-state index contributed by atoms with van der Waals surface area (Å²) in [5.41, 5.74) is 1.30. The monoisotopic (exact) mass is 184 g/mol. The molecule has 0 bridgehead atoms. The Bertz CT molecular complexity index is 228. The molecule has 0 spiro atoms. The van der Waals surface area contributed by atoms with Gasteiger partial charge in [-0.1, -0.05) is 37.7 Å². The van der Waals surface area contributed by atoms with Crippen molar-refractivity contribution in [3.63, 3.8) is 0 Å². The summed E-state index contributed by atoms with van der Waals surface area (Å²) in [6.07, 6.45) is 0. The lowest BCUT2D eigenvalue weighted by Gasteiger charge is -2.04. The van der Waals surface area contributed by atoms with Crippen molar-refractivity contribution in [2.45, 2.75) is 24.7 Å². The highest BCUT2D eigenvalue weighted by molar-refractivity contribution is 7.99. The molecule has 0 nitrogen and oxygen atoms in total. The number of alkyl halides is 1. The third kappa shape index (κ3) is 2.52. The zero-order valence-corrected chi connectivity index (χ0v) is 8.20. The minimum Gasteiger partial charge on any atom is -0.239 e. The second-order valence-corrected chi connectivity index (χ2v) is 3.96. The summed E-state index contributed by atoms with van der Waals surface area (Å²) in [7, 11) is 0. The summed E-state index contributed by atoms with van der Waals surface area (Å²) in [6.45, 7) is 4.30. The third-order valence-electron chi connectivity index (χ3n) is 1.77. The van der Waals surface area contributed by atoms with E-state index in [1.54, 1.807) is 0 Å². The first kappa shape index (κ1) is 9.59. The Morgan fingerprint density at radius 1 is 1.25 bits per heavy atom. The van der Waals surface area contributed by atoms with Crippen LogP contribution in [0, 0.1) is 0 Å². The molecule has 0 N–H and O–H groups in total. The van der Waals surface area contributed by atoms with Crippen LogP contribution in [-0.4, -0.2) is 6.01 Å². The molecule has 1 aromatic carbocycles. The Hall–Kier alpha value is -0.500. The minimum absolute atomic E-state index is 0.346. The average Bonchev–Trinajstić information content (AvgIpc) is 2.06. The van der Waals surface area contributed by atoms with Gasteiger partial charge in [0.15, 0.2) is 0 Å². The number of halogens is 1. The molecule has 0 atom stereocenters. The molecule has 0 aliphatic carbocycles. The van der Waals surface area contributed by atoms with Crippen LogP contribution in [-0.2, 0) is 0 Å². The largest absolute Gasteiger partial charge is 0.239 e. The second kappa shape index (κ2) is 4.51. The van der Waals surface area contributed by atoms with Crippen molar-refractivity contribution in [2.75, 3.05) is 6.01 Å². The quantitative estimate of drug-likeness (QED) is 0.643. The van der Waals surface area contributed by atoms with Gasteiger partial charge in [-0.05, 0) is 23.6 Å². The fraction of sp³-hybridized carbons (Fsp3) is 0.400. The predicted octanol–water partition coefficient (Wildman–Crippen LogP) is 3.83. The molecule has 1 rings (SSSR count). The van der Waals surface area contributed by atoms with Gasteiger partial charge in [0.25, 0.3) is 0 Å². The SMILES string of the molecule is CC(C)c1ccc(SCF)cc1. The molecule has 0 radical (unpaired) electrons. The van der Waals surface area contributed by atoms with E-state index in [0.29, 0.717) is 5.92 Å². The maximum atomic E-state index is 11.9. The van der Waals surface area contributed by atoms with E-state index < -0.39 is 0 Å². The van der Waals surface area contributed by atoms with Gasteiger partial charge < -0.3 is 0 Å². The van der Waals surface area contributed by atoms with Crippen LogP contribution in [0.25, 0.3) is 0 Å². The predicted molar refractivity (Wildman–Crippen MR) is 52.4 cm³/mol. The topological polar surface area (TPSA) is 0 Å². The van der Waals surface area contributed by atoms with Gasteiger partial charge in [0, 0.05) is 4.90 Å². The summed E-state index contributed by atoms with van der Waals surface area (Å²) in [5, 5.41) is 0. The Balaban J connectivity index is 2.71. The van der Waals surface area contributed by atoms with Crippen molar-refractivity contribution in [2.24, 2.45) is 0 Å². The highest BCUT2D eigenvalue weighted by Crippen LogP contribution is 2.21. The first-order valence-electron chi connectivity index (χ1n) is 4.02. The van der Waals surface area contributed by atoms with Gasteiger partial charge in [-0.15, -0.1) is 0 Å². The maximum absolute atomic E-state index is 11.9. The Morgan fingerprint density at radius 2 is 1.83 bits per heavy atom. The summed E-state index contributed by atoms with van der Waals surface area (Å²) < 4.78 is 11.9. The number of benzene rings is 1. The summed E-state index contributed by atoms with van der Waals surface area (Å²) in [6, 6.07) is 7.71. The molecule has 0 unspecified atom stereocenters. The molecular formula is C10H13FS. The molecule has 0 amide bonds. The molecule has 66 valence electrons. The lowest BCUT2D eigenvalue weighted by Crippen LogP contribution is -1.85. The molecule has 0 saturated heterocycles. The van der Waals surface area contributed by atoms with Gasteiger partial charge in [0.2, 0.25) is 0 Å². The molecule has 2 heteroatoms. The number of thioether (sulfide) groups is 1. The van der Waals surface area contributed by atoms with Gasteiger partial charge in [-0.2, -0.15) is 0 Å². The van der Waals surface area contributed by atoms with Crippen LogP contribution in [0.15, 0.2) is 29.2 Å². The van der Waals surface area contributed by atoms with E-state index in [-0.39, 0.29) is 6.01 Å². The van der Waals surface area contributed by atoms with Crippen LogP contribution in [0.2, 0.25) is 0 Å². The number of rotatable bonds is 3. The maximum Gasteiger partial charge on any atom is 0.139 e. The normalized spacial score (nSPS) is 10.7. The molecule has 0 heterocycles. The molecular weight excluding hydrogens is 171 g/mol. The molecule has 1 aromatic rings. The third-order valence-corrected chi connectivity index (χ3v) is 2.48. The van der Waals surface area contributed by atoms with Crippen molar-refractivity contribution in [1.82, 2.24) is 0 Å². The first-order valence-corrected chi connectivity index (χ1v) is 5.01. The smallest absolute Gasteiger partial charge is 0.139 e. The van der Waals surface area contributed by atoms with Crippen LogP contribution >= 0.6 is 11.8 Å². The van der Waals surface area contributed by atoms with E-state index in [1.165, 1.54) is 17.3 Å². The molecule has 0 fully saturated rings. The molecule has 0 aliphatic rings. The Labute approximate surface area is 77.2 Å². The molecule has 0 aromatic heterocycles. The van der Waals surface area contributed by atoms with E-state index in [2.05, 4.69) is 26.0 Å². The second-order valence-electron chi connectivity index (χ2n) is 2.98. The van der Waals surface area contributed by atoms with Crippen molar-refractivity contribution in [3.05, 3.63) is 29.8 Å². The summed E-state index contributed by atoms with van der Waals surface area (Å²) >= 11 is 1.23. The van der Waals surface area contributed by atoms with Gasteiger partial charge in [-0.25, -0.2) is 4.39 Å². The van der Waals surface area contributed by atoms with Crippen LogP contribution < -0.4 is 0 Å². The van der Waals surface area contributed by atoms with Crippen molar-refractivity contribution < 1.29 is 4.39 Å². The van der Waals surface area contributed by atoms with Crippen LogP contribution in [0.4, 0.5) is 4.39 Å². The van der Waals surface area contributed by atoms with Crippen molar-refractivity contribution in [3.8, 4) is 0 Å². The Kier molecular flexibility index (Phi) is 3.60. The molecule has 0 saturated carbocycles. The average molecular weight is 184 g/mol. The van der Waals surface area contributed by atoms with Crippen LogP contribution in [0.3, 0.4) is 0 Å². The first-order chi connectivity index (χ1) is 5.74. The zero-order chi connectivity index (χ0) is 8.97. The van der Waals surface area contributed by atoms with Crippen molar-refractivity contribution in [1.29, 1.82) is 0 Å². The zero-order valence-electron chi connectivity index (χ0n) is 7.38. The lowest BCUT2D eigenvalue weighted by molar-refractivity contribution is 0.605. The fourth-order valence-electron chi connectivity index (χ4n) is 1.01. The van der Waals surface area contributed by atoms with Gasteiger partial charge in [-0.3, -0.25) is 0 Å². The minimum atomic E-state index is -0.346. The van der Waals surface area contributed by atoms with Crippen LogP contribution in [0.5, 0.6) is 0 Å². The Morgan fingerprint density at radius 3 is 2.25 bits per heavy atom. The standard InChI is InChI=1S/C10H13FS/c1-8(2)9-3-5-10(6-4-9)12-7-11/h3-6,8H,7H2,1-2H3. The highest BCUT2D eigenvalue weighted by Gasteiger charge is 1.98. The van der Waals surface area contributed by atoms with E-state index >= 15 is 0 Å². The van der Waals surface area contributed by atoms with Gasteiger partial charge in [0.1, 0.15) is 6.01 Å². The molecule has 12 heavy (non-hydrogen) atoms. The highest BCUT2D eigenvalue weighted by atomic mass is 32.2. The van der Waals surface area contributed by atoms with Crippen molar-refractivity contribution >= 4 is 11.8 Å². The van der Waals surface area contributed by atoms with Gasteiger partial charge in [0.05, 0.1) is 0 Å². The van der Waals surface area contributed by atoms with E-state index in [1.807, 2.05) is 12.1 Å². The van der Waals surface area contributed by atoms with E-state index in [4.69, 9.17) is 0 Å². The summed E-state index contributed by atoms with van der Waals surface area (Å²) in [4.78, 5) is 1.00.